The topological polar surface area (TPSA) is 55.1 Å². The van der Waals surface area contributed by atoms with Gasteiger partial charge in [-0.2, -0.15) is 0 Å². The van der Waals surface area contributed by atoms with Crippen molar-refractivity contribution in [2.24, 2.45) is 17.6 Å². The van der Waals surface area contributed by atoms with Crippen molar-refractivity contribution in [2.75, 3.05) is 0 Å². The van der Waals surface area contributed by atoms with Gasteiger partial charge in [-0.3, -0.25) is 4.79 Å². The van der Waals surface area contributed by atoms with E-state index in [2.05, 4.69) is 33.0 Å². The fourth-order valence-electron chi connectivity index (χ4n) is 1.73. The second kappa shape index (κ2) is 6.83. The molecule has 0 aromatic rings. The molecule has 0 aliphatic carbocycles. The molecule has 0 saturated carbocycles. The van der Waals surface area contributed by atoms with Gasteiger partial charge in [0.2, 0.25) is 5.91 Å². The molecule has 0 saturated heterocycles. The molecule has 3 heteroatoms. The largest absolute Gasteiger partial charge is 0.352 e. The standard InChI is InChI=1S/C12H26N2O/c1-8(2)6-10(5)14-12(15)11(13)7-9(3)4/h8-11H,6-7,13H2,1-5H3,(H,14,15)/t10?,11-/m0/s1. The number of carbonyl (C=O) groups excluding carboxylic acids is 1. The van der Waals surface area contributed by atoms with E-state index >= 15 is 0 Å². The van der Waals surface area contributed by atoms with Gasteiger partial charge >= 0.3 is 0 Å². The Morgan fingerprint density at radius 1 is 1.07 bits per heavy atom. The van der Waals surface area contributed by atoms with Crippen LogP contribution in [0.1, 0.15) is 47.5 Å². The first-order valence-electron chi connectivity index (χ1n) is 5.88. The summed E-state index contributed by atoms with van der Waals surface area (Å²) in [6.45, 7) is 10.5. The Kier molecular flexibility index (Phi) is 6.57. The summed E-state index contributed by atoms with van der Waals surface area (Å²) in [6, 6.07) is -0.143. The molecule has 0 aliphatic rings. The predicted molar refractivity (Wildman–Crippen MR) is 64.5 cm³/mol. The summed E-state index contributed by atoms with van der Waals surface area (Å²) in [6.07, 6.45) is 1.75. The van der Waals surface area contributed by atoms with Crippen molar-refractivity contribution in [3.05, 3.63) is 0 Å². The van der Waals surface area contributed by atoms with Crippen molar-refractivity contribution < 1.29 is 4.79 Å². The maximum absolute atomic E-state index is 11.6. The van der Waals surface area contributed by atoms with Gasteiger partial charge in [0.15, 0.2) is 0 Å². The van der Waals surface area contributed by atoms with Crippen LogP contribution in [0.15, 0.2) is 0 Å². The van der Waals surface area contributed by atoms with Crippen LogP contribution < -0.4 is 11.1 Å². The Morgan fingerprint density at radius 2 is 1.53 bits per heavy atom. The molecular formula is C12H26N2O. The smallest absolute Gasteiger partial charge is 0.237 e. The minimum absolute atomic E-state index is 0.0168. The van der Waals surface area contributed by atoms with Crippen LogP contribution in [0.25, 0.3) is 0 Å². The third-order valence-electron chi connectivity index (χ3n) is 2.28. The lowest BCUT2D eigenvalue weighted by molar-refractivity contribution is -0.123. The number of hydrogen-bond donors (Lipinski definition) is 2. The first kappa shape index (κ1) is 14.4. The van der Waals surface area contributed by atoms with Gasteiger partial charge in [-0.05, 0) is 31.6 Å². The Balaban J connectivity index is 3.90. The van der Waals surface area contributed by atoms with E-state index in [4.69, 9.17) is 5.73 Å². The highest BCUT2D eigenvalue weighted by atomic mass is 16.2. The normalized spacial score (nSPS) is 15.5. The van der Waals surface area contributed by atoms with Crippen LogP contribution in [0.3, 0.4) is 0 Å². The van der Waals surface area contributed by atoms with Crippen LogP contribution in [0, 0.1) is 11.8 Å². The molecule has 3 nitrogen and oxygen atoms in total. The number of nitrogens with one attached hydrogen (secondary N) is 1. The maximum atomic E-state index is 11.6. The Labute approximate surface area is 93.8 Å². The summed E-state index contributed by atoms with van der Waals surface area (Å²) in [5, 5.41) is 2.95. The fourth-order valence-corrected chi connectivity index (χ4v) is 1.73. The summed E-state index contributed by atoms with van der Waals surface area (Å²) in [5.41, 5.74) is 5.79. The lowest BCUT2D eigenvalue weighted by Crippen LogP contribution is -2.45. The molecule has 0 aliphatic heterocycles. The molecule has 1 unspecified atom stereocenters. The summed E-state index contributed by atoms with van der Waals surface area (Å²) >= 11 is 0. The van der Waals surface area contributed by atoms with Gasteiger partial charge in [-0.15, -0.1) is 0 Å². The van der Waals surface area contributed by atoms with E-state index in [9.17, 15) is 4.79 Å². The van der Waals surface area contributed by atoms with Crippen LogP contribution >= 0.6 is 0 Å². The van der Waals surface area contributed by atoms with Crippen LogP contribution in [-0.4, -0.2) is 18.0 Å². The molecule has 2 atom stereocenters. The molecule has 0 aromatic carbocycles. The third kappa shape index (κ3) is 7.37. The lowest BCUT2D eigenvalue weighted by Gasteiger charge is -2.19. The van der Waals surface area contributed by atoms with Gasteiger partial charge in [0.05, 0.1) is 6.04 Å². The maximum Gasteiger partial charge on any atom is 0.237 e. The molecule has 0 aromatic heterocycles. The number of hydrogen-bond acceptors (Lipinski definition) is 2. The van der Waals surface area contributed by atoms with E-state index < -0.39 is 0 Å². The van der Waals surface area contributed by atoms with E-state index in [1.807, 2.05) is 6.92 Å². The average Bonchev–Trinajstić information content (AvgIpc) is 2.00. The lowest BCUT2D eigenvalue weighted by atomic mass is 10.0. The zero-order valence-electron chi connectivity index (χ0n) is 10.7. The van der Waals surface area contributed by atoms with Crippen LogP contribution in [-0.2, 0) is 4.79 Å². The fraction of sp³-hybridized carbons (Fsp3) is 0.917. The van der Waals surface area contributed by atoms with E-state index in [0.29, 0.717) is 11.8 Å². The van der Waals surface area contributed by atoms with Crippen molar-refractivity contribution >= 4 is 5.91 Å². The summed E-state index contributed by atoms with van der Waals surface area (Å²) in [7, 11) is 0. The molecule has 0 heterocycles. The molecule has 90 valence electrons. The quantitative estimate of drug-likeness (QED) is 0.709. The highest BCUT2D eigenvalue weighted by Crippen LogP contribution is 2.06. The second-order valence-electron chi connectivity index (χ2n) is 5.28. The van der Waals surface area contributed by atoms with Gasteiger partial charge in [0.25, 0.3) is 0 Å². The number of rotatable bonds is 6. The van der Waals surface area contributed by atoms with Crippen molar-refractivity contribution in [3.63, 3.8) is 0 Å². The highest BCUT2D eigenvalue weighted by molar-refractivity contribution is 5.81. The van der Waals surface area contributed by atoms with E-state index in [-0.39, 0.29) is 18.0 Å². The molecule has 0 spiro atoms. The Morgan fingerprint density at radius 3 is 1.93 bits per heavy atom. The van der Waals surface area contributed by atoms with Crippen molar-refractivity contribution in [2.45, 2.75) is 59.5 Å². The Hall–Kier alpha value is -0.570. The molecule has 0 radical (unpaired) electrons. The van der Waals surface area contributed by atoms with Crippen molar-refractivity contribution in [1.82, 2.24) is 5.32 Å². The van der Waals surface area contributed by atoms with Gasteiger partial charge in [-0.1, -0.05) is 27.7 Å². The van der Waals surface area contributed by atoms with E-state index in [1.165, 1.54) is 0 Å². The van der Waals surface area contributed by atoms with Crippen LogP contribution in [0.4, 0.5) is 0 Å². The molecule has 3 N–H and O–H groups in total. The van der Waals surface area contributed by atoms with Crippen molar-refractivity contribution in [1.29, 1.82) is 0 Å². The minimum atomic E-state index is -0.361. The third-order valence-corrected chi connectivity index (χ3v) is 2.28. The number of nitrogens with two attached hydrogens (primary N) is 1. The summed E-state index contributed by atoms with van der Waals surface area (Å²) < 4.78 is 0. The first-order valence-corrected chi connectivity index (χ1v) is 5.88. The number of carbonyl (C=O) groups is 1. The zero-order chi connectivity index (χ0) is 12.0. The molecule has 0 fully saturated rings. The van der Waals surface area contributed by atoms with Gasteiger partial charge in [0.1, 0.15) is 0 Å². The summed E-state index contributed by atoms with van der Waals surface area (Å²) in [4.78, 5) is 11.6. The number of amides is 1. The average molecular weight is 214 g/mol. The molecule has 1 amide bonds. The highest BCUT2D eigenvalue weighted by Gasteiger charge is 2.17. The van der Waals surface area contributed by atoms with Crippen LogP contribution in [0.5, 0.6) is 0 Å². The molecule has 15 heavy (non-hydrogen) atoms. The SMILES string of the molecule is CC(C)CC(C)NC(=O)[C@@H](N)CC(C)C. The van der Waals surface area contributed by atoms with Crippen molar-refractivity contribution in [3.8, 4) is 0 Å². The first-order chi connectivity index (χ1) is 6.82. The Bertz CT molecular complexity index is 190. The zero-order valence-corrected chi connectivity index (χ0v) is 10.7. The van der Waals surface area contributed by atoms with E-state index in [1.54, 1.807) is 0 Å². The predicted octanol–water partition coefficient (Wildman–Crippen LogP) is 1.91. The monoisotopic (exact) mass is 214 g/mol. The minimum Gasteiger partial charge on any atom is -0.352 e. The molecule has 0 rings (SSSR count). The molecule has 0 bridgehead atoms. The van der Waals surface area contributed by atoms with Gasteiger partial charge < -0.3 is 11.1 Å². The summed E-state index contributed by atoms with van der Waals surface area (Å²) in [5.74, 6) is 1.05. The van der Waals surface area contributed by atoms with Gasteiger partial charge in [-0.25, -0.2) is 0 Å². The van der Waals surface area contributed by atoms with E-state index in [0.717, 1.165) is 12.8 Å². The second-order valence-corrected chi connectivity index (χ2v) is 5.28. The van der Waals surface area contributed by atoms with Crippen LogP contribution in [0.2, 0.25) is 0 Å². The van der Waals surface area contributed by atoms with Gasteiger partial charge in [0, 0.05) is 6.04 Å². The molecular weight excluding hydrogens is 188 g/mol.